The molecular formula is C19H30N6O7. The van der Waals surface area contributed by atoms with E-state index >= 15 is 0 Å². The molecule has 0 saturated heterocycles. The lowest BCUT2D eigenvalue weighted by molar-refractivity contribution is -0.142. The van der Waals surface area contributed by atoms with Crippen LogP contribution in [0.1, 0.15) is 39.3 Å². The number of H-pyrrole nitrogens is 1. The van der Waals surface area contributed by atoms with Crippen molar-refractivity contribution in [1.29, 1.82) is 0 Å². The van der Waals surface area contributed by atoms with Crippen LogP contribution in [0.2, 0.25) is 0 Å². The molecule has 0 aliphatic rings. The monoisotopic (exact) mass is 454 g/mol. The summed E-state index contributed by atoms with van der Waals surface area (Å²) >= 11 is 0. The van der Waals surface area contributed by atoms with Gasteiger partial charge in [0, 0.05) is 18.3 Å². The summed E-state index contributed by atoms with van der Waals surface area (Å²) in [4.78, 5) is 66.4. The van der Waals surface area contributed by atoms with Gasteiger partial charge >= 0.3 is 11.9 Å². The molecule has 0 radical (unpaired) electrons. The van der Waals surface area contributed by atoms with Crippen molar-refractivity contribution in [3.05, 3.63) is 18.2 Å². The Morgan fingerprint density at radius 1 is 1.06 bits per heavy atom. The number of nitrogens with two attached hydrogens (primary N) is 1. The Bertz CT molecular complexity index is 813. The highest BCUT2D eigenvalue weighted by atomic mass is 16.4. The van der Waals surface area contributed by atoms with Crippen LogP contribution in [0.4, 0.5) is 0 Å². The third-order valence-corrected chi connectivity index (χ3v) is 4.87. The first-order valence-corrected chi connectivity index (χ1v) is 10.0. The second kappa shape index (κ2) is 12.4. The van der Waals surface area contributed by atoms with Crippen molar-refractivity contribution in [3.8, 4) is 0 Å². The quantitative estimate of drug-likeness (QED) is 0.181. The maximum atomic E-state index is 13.0. The van der Waals surface area contributed by atoms with E-state index in [0.717, 1.165) is 0 Å². The molecule has 178 valence electrons. The average Bonchev–Trinajstić information content (AvgIpc) is 3.22. The summed E-state index contributed by atoms with van der Waals surface area (Å²) in [6.07, 6.45) is 2.66. The van der Waals surface area contributed by atoms with Gasteiger partial charge in [0.25, 0.3) is 0 Å². The highest BCUT2D eigenvalue weighted by Crippen LogP contribution is 2.10. The first-order valence-electron chi connectivity index (χ1n) is 10.0. The molecule has 1 heterocycles. The van der Waals surface area contributed by atoms with E-state index in [1.807, 2.05) is 0 Å². The van der Waals surface area contributed by atoms with Gasteiger partial charge in [0.1, 0.15) is 18.1 Å². The summed E-state index contributed by atoms with van der Waals surface area (Å²) in [6.45, 7) is 4.80. The molecule has 1 aromatic heterocycles. The highest BCUT2D eigenvalue weighted by molar-refractivity contribution is 5.94. The molecule has 32 heavy (non-hydrogen) atoms. The van der Waals surface area contributed by atoms with E-state index in [-0.39, 0.29) is 12.3 Å². The van der Waals surface area contributed by atoms with Crippen LogP contribution in [-0.4, -0.2) is 74.0 Å². The number of hydrogen-bond donors (Lipinski definition) is 7. The normalized spacial score (nSPS) is 15.5. The predicted octanol–water partition coefficient (Wildman–Crippen LogP) is -1.64. The number of aromatic nitrogens is 2. The number of carboxylic acid groups (broad SMARTS) is 2. The summed E-state index contributed by atoms with van der Waals surface area (Å²) in [5, 5.41) is 25.1. The van der Waals surface area contributed by atoms with Crippen LogP contribution in [0.5, 0.6) is 0 Å². The van der Waals surface area contributed by atoms with Crippen molar-refractivity contribution in [1.82, 2.24) is 25.9 Å². The lowest BCUT2D eigenvalue weighted by Gasteiger charge is -2.27. The fraction of sp³-hybridized carbons (Fsp3) is 0.579. The first kappa shape index (κ1) is 26.6. The van der Waals surface area contributed by atoms with Gasteiger partial charge < -0.3 is 36.9 Å². The van der Waals surface area contributed by atoms with Gasteiger partial charge in [-0.05, 0) is 12.8 Å². The Labute approximate surface area is 184 Å². The minimum atomic E-state index is -1.38. The van der Waals surface area contributed by atoms with E-state index in [1.54, 1.807) is 13.8 Å². The maximum Gasteiger partial charge on any atom is 0.325 e. The largest absolute Gasteiger partial charge is 0.481 e. The second-order valence-electron chi connectivity index (χ2n) is 7.49. The van der Waals surface area contributed by atoms with Crippen molar-refractivity contribution >= 4 is 29.7 Å². The van der Waals surface area contributed by atoms with Crippen LogP contribution in [0, 0.1) is 5.92 Å². The summed E-state index contributed by atoms with van der Waals surface area (Å²) in [5.74, 6) is -5.11. The zero-order valence-corrected chi connectivity index (χ0v) is 18.1. The number of nitrogens with one attached hydrogen (secondary N) is 4. The molecule has 0 saturated carbocycles. The molecule has 13 nitrogen and oxygen atoms in total. The number of carbonyl (C=O) groups excluding carboxylic acids is 3. The molecule has 0 aliphatic carbocycles. The number of carbonyl (C=O) groups is 5. The molecule has 1 aromatic rings. The number of carboxylic acids is 2. The SMILES string of the molecule is CCC(C)C(NC(=O)C(Cc1cnc[nH]1)NC(=O)C(N)CC(=O)O)C(=O)NC(C)C(=O)O. The minimum absolute atomic E-state index is 0.0300. The van der Waals surface area contributed by atoms with Gasteiger partial charge in [-0.3, -0.25) is 24.0 Å². The van der Waals surface area contributed by atoms with Gasteiger partial charge in [0.05, 0.1) is 18.8 Å². The molecule has 1 rings (SSSR count). The molecule has 0 aliphatic heterocycles. The molecular weight excluding hydrogens is 424 g/mol. The molecule has 0 fully saturated rings. The zero-order valence-electron chi connectivity index (χ0n) is 18.1. The lowest BCUT2D eigenvalue weighted by atomic mass is 9.97. The smallest absolute Gasteiger partial charge is 0.325 e. The molecule has 0 bridgehead atoms. The van der Waals surface area contributed by atoms with Gasteiger partial charge in [-0.15, -0.1) is 0 Å². The molecule has 0 spiro atoms. The van der Waals surface area contributed by atoms with E-state index < -0.39 is 60.2 Å². The Morgan fingerprint density at radius 2 is 1.72 bits per heavy atom. The fourth-order valence-electron chi connectivity index (χ4n) is 2.71. The Balaban J connectivity index is 3.03. The van der Waals surface area contributed by atoms with Crippen LogP contribution in [0.25, 0.3) is 0 Å². The number of amides is 3. The van der Waals surface area contributed by atoms with E-state index in [9.17, 15) is 24.0 Å². The highest BCUT2D eigenvalue weighted by Gasteiger charge is 2.32. The van der Waals surface area contributed by atoms with Crippen LogP contribution in [-0.2, 0) is 30.4 Å². The van der Waals surface area contributed by atoms with Gasteiger partial charge in [0.15, 0.2) is 0 Å². The van der Waals surface area contributed by atoms with Gasteiger partial charge in [-0.25, -0.2) is 4.98 Å². The maximum absolute atomic E-state index is 13.0. The van der Waals surface area contributed by atoms with Crippen molar-refractivity contribution in [3.63, 3.8) is 0 Å². The number of aromatic amines is 1. The summed E-state index contributed by atoms with van der Waals surface area (Å²) in [6, 6.07) is -4.81. The van der Waals surface area contributed by atoms with E-state index in [2.05, 4.69) is 25.9 Å². The van der Waals surface area contributed by atoms with Crippen molar-refractivity contribution in [2.75, 3.05) is 0 Å². The summed E-state index contributed by atoms with van der Waals surface area (Å²) < 4.78 is 0. The van der Waals surface area contributed by atoms with Crippen molar-refractivity contribution in [2.24, 2.45) is 11.7 Å². The molecule has 5 unspecified atom stereocenters. The van der Waals surface area contributed by atoms with Crippen LogP contribution in [0.3, 0.4) is 0 Å². The second-order valence-corrected chi connectivity index (χ2v) is 7.49. The fourth-order valence-corrected chi connectivity index (χ4v) is 2.71. The van der Waals surface area contributed by atoms with Crippen LogP contribution >= 0.6 is 0 Å². The molecule has 5 atom stereocenters. The standard InChI is InChI=1S/C19H30N6O7/c1-4-9(2)15(18(30)23-10(3)19(31)32)25-17(29)13(5-11-7-21-8-22-11)24-16(28)12(20)6-14(26)27/h7-10,12-13,15H,4-6,20H2,1-3H3,(H,21,22)(H,23,30)(H,24,28)(H,25,29)(H,26,27)(H,31,32). The van der Waals surface area contributed by atoms with E-state index in [1.165, 1.54) is 19.4 Å². The Kier molecular flexibility index (Phi) is 10.3. The van der Waals surface area contributed by atoms with Crippen LogP contribution < -0.4 is 21.7 Å². The first-order chi connectivity index (χ1) is 15.0. The molecule has 13 heteroatoms. The molecule has 0 aromatic carbocycles. The van der Waals surface area contributed by atoms with Crippen molar-refractivity contribution in [2.45, 2.75) is 64.2 Å². The molecule has 8 N–H and O–H groups in total. The third kappa shape index (κ3) is 8.34. The van der Waals surface area contributed by atoms with E-state index in [0.29, 0.717) is 12.1 Å². The number of aliphatic carboxylic acids is 2. The number of imidazole rings is 1. The topological polar surface area (TPSA) is 217 Å². The van der Waals surface area contributed by atoms with Gasteiger partial charge in [-0.1, -0.05) is 20.3 Å². The predicted molar refractivity (Wildman–Crippen MR) is 111 cm³/mol. The number of hydrogen-bond acceptors (Lipinski definition) is 7. The van der Waals surface area contributed by atoms with Gasteiger partial charge in [-0.2, -0.15) is 0 Å². The summed E-state index contributed by atoms with van der Waals surface area (Å²) in [5.41, 5.74) is 6.08. The minimum Gasteiger partial charge on any atom is -0.481 e. The third-order valence-electron chi connectivity index (χ3n) is 4.87. The average molecular weight is 454 g/mol. The van der Waals surface area contributed by atoms with Crippen LogP contribution in [0.15, 0.2) is 12.5 Å². The Hall–Kier alpha value is -3.48. The van der Waals surface area contributed by atoms with Crippen molar-refractivity contribution < 1.29 is 34.2 Å². The lowest BCUT2D eigenvalue weighted by Crippen LogP contribution is -2.59. The number of nitrogens with zero attached hydrogens (tertiary/aromatic N) is 1. The zero-order chi connectivity index (χ0) is 24.4. The number of rotatable bonds is 13. The Morgan fingerprint density at radius 3 is 2.22 bits per heavy atom. The van der Waals surface area contributed by atoms with Gasteiger partial charge in [0.2, 0.25) is 17.7 Å². The summed E-state index contributed by atoms with van der Waals surface area (Å²) in [7, 11) is 0. The van der Waals surface area contributed by atoms with E-state index in [4.69, 9.17) is 15.9 Å². The molecule has 3 amide bonds.